The number of nitrogens with two attached hydrogens (primary N) is 1. The maximum absolute atomic E-state index is 11.0. The van der Waals surface area contributed by atoms with Crippen LogP contribution < -0.4 is 5.73 Å². The van der Waals surface area contributed by atoms with E-state index in [4.69, 9.17) is 10.8 Å². The second-order valence-electron chi connectivity index (χ2n) is 3.31. The maximum Gasteiger partial charge on any atom is 0.177 e. The molecule has 0 saturated heterocycles. The lowest BCUT2D eigenvalue weighted by Gasteiger charge is -2.13. The van der Waals surface area contributed by atoms with Crippen molar-refractivity contribution in [1.82, 2.24) is 0 Å². The highest BCUT2D eigenvalue weighted by atomic mass is 16.3. The van der Waals surface area contributed by atoms with Gasteiger partial charge in [-0.25, -0.2) is 0 Å². The minimum atomic E-state index is -0.927. The number of carbonyl (C=O) groups excluding carboxylic acids is 1. The van der Waals surface area contributed by atoms with Gasteiger partial charge in [0, 0.05) is 0 Å². The van der Waals surface area contributed by atoms with Crippen LogP contribution in [0.4, 0.5) is 0 Å². The predicted molar refractivity (Wildman–Crippen MR) is 44.1 cm³/mol. The van der Waals surface area contributed by atoms with Crippen LogP contribution in [0.1, 0.15) is 27.2 Å². The summed E-state index contributed by atoms with van der Waals surface area (Å²) >= 11 is 0. The number of aliphatic hydroxyl groups excluding tert-OH is 1. The first-order chi connectivity index (χ1) is 4.95. The lowest BCUT2D eigenvalue weighted by Crippen LogP contribution is -2.38. The van der Waals surface area contributed by atoms with E-state index >= 15 is 0 Å². The van der Waals surface area contributed by atoms with Crippen LogP contribution in [0.2, 0.25) is 0 Å². The van der Waals surface area contributed by atoms with Crippen molar-refractivity contribution in [3.8, 4) is 0 Å². The number of ketones is 1. The molecule has 0 saturated carbocycles. The zero-order chi connectivity index (χ0) is 9.02. The average Bonchev–Trinajstić information content (AvgIpc) is 1.84. The zero-order valence-electron chi connectivity index (χ0n) is 7.37. The largest absolute Gasteiger partial charge is 0.386 e. The summed E-state index contributed by atoms with van der Waals surface area (Å²) < 4.78 is 0. The summed E-state index contributed by atoms with van der Waals surface area (Å²) in [5.74, 6) is 0.131. The van der Waals surface area contributed by atoms with Crippen LogP contribution in [0.25, 0.3) is 0 Å². The van der Waals surface area contributed by atoms with Crippen LogP contribution in [-0.4, -0.2) is 23.0 Å². The van der Waals surface area contributed by atoms with E-state index in [2.05, 4.69) is 0 Å². The van der Waals surface area contributed by atoms with Gasteiger partial charge in [0.15, 0.2) is 5.78 Å². The standard InChI is InChI=1S/C8H17NO2/c1-5(2)4-7(9)8(11)6(3)10/h5-7,10H,4,9H2,1-3H3/t6?,7-/m0/s1. The van der Waals surface area contributed by atoms with Gasteiger partial charge in [-0.2, -0.15) is 0 Å². The van der Waals surface area contributed by atoms with E-state index in [1.165, 1.54) is 6.92 Å². The third-order valence-corrected chi connectivity index (χ3v) is 1.50. The van der Waals surface area contributed by atoms with Crippen LogP contribution in [0.3, 0.4) is 0 Å². The Kier molecular flexibility index (Phi) is 4.30. The topological polar surface area (TPSA) is 63.3 Å². The summed E-state index contributed by atoms with van der Waals surface area (Å²) in [5, 5.41) is 8.87. The van der Waals surface area contributed by atoms with E-state index < -0.39 is 12.1 Å². The summed E-state index contributed by atoms with van der Waals surface area (Å²) in [6, 6.07) is -0.505. The Morgan fingerprint density at radius 1 is 1.45 bits per heavy atom. The highest BCUT2D eigenvalue weighted by Gasteiger charge is 2.18. The second kappa shape index (κ2) is 4.46. The van der Waals surface area contributed by atoms with Crippen LogP contribution in [0.5, 0.6) is 0 Å². The van der Waals surface area contributed by atoms with Crippen molar-refractivity contribution < 1.29 is 9.90 Å². The van der Waals surface area contributed by atoms with Gasteiger partial charge in [-0.1, -0.05) is 13.8 Å². The van der Waals surface area contributed by atoms with Crippen molar-refractivity contribution in [3.05, 3.63) is 0 Å². The molecule has 3 N–H and O–H groups in total. The number of hydrogen-bond donors (Lipinski definition) is 2. The van der Waals surface area contributed by atoms with Gasteiger partial charge in [0.2, 0.25) is 0 Å². The second-order valence-corrected chi connectivity index (χ2v) is 3.31. The number of hydrogen-bond acceptors (Lipinski definition) is 3. The zero-order valence-corrected chi connectivity index (χ0v) is 7.37. The molecule has 0 amide bonds. The molecule has 0 aliphatic rings. The van der Waals surface area contributed by atoms with Gasteiger partial charge in [-0.3, -0.25) is 4.79 Å². The van der Waals surface area contributed by atoms with Gasteiger partial charge in [0.25, 0.3) is 0 Å². The molecular weight excluding hydrogens is 142 g/mol. The van der Waals surface area contributed by atoms with Crippen LogP contribution >= 0.6 is 0 Å². The van der Waals surface area contributed by atoms with E-state index in [1.807, 2.05) is 13.8 Å². The first-order valence-electron chi connectivity index (χ1n) is 3.92. The molecule has 0 aromatic rings. The van der Waals surface area contributed by atoms with Gasteiger partial charge in [-0.05, 0) is 19.3 Å². The molecule has 0 aromatic heterocycles. The number of rotatable bonds is 4. The summed E-state index contributed by atoms with van der Waals surface area (Å²) in [5.41, 5.74) is 5.51. The normalized spacial score (nSPS) is 16.5. The molecule has 3 nitrogen and oxygen atoms in total. The van der Waals surface area contributed by atoms with Crippen molar-refractivity contribution in [2.24, 2.45) is 11.7 Å². The molecule has 0 aliphatic carbocycles. The molecule has 66 valence electrons. The minimum Gasteiger partial charge on any atom is -0.386 e. The highest BCUT2D eigenvalue weighted by molar-refractivity contribution is 5.87. The first kappa shape index (κ1) is 10.6. The quantitative estimate of drug-likeness (QED) is 0.620. The van der Waals surface area contributed by atoms with Gasteiger partial charge in [-0.15, -0.1) is 0 Å². The lowest BCUT2D eigenvalue weighted by molar-refractivity contribution is -0.127. The molecule has 0 rings (SSSR count). The minimum absolute atomic E-state index is 0.265. The fraction of sp³-hybridized carbons (Fsp3) is 0.875. The van der Waals surface area contributed by atoms with Crippen molar-refractivity contribution in [2.45, 2.75) is 39.3 Å². The lowest BCUT2D eigenvalue weighted by atomic mass is 9.99. The molecule has 0 aliphatic heterocycles. The summed E-state index contributed by atoms with van der Waals surface area (Å²) in [6.45, 7) is 5.44. The fourth-order valence-electron chi connectivity index (χ4n) is 0.934. The number of carbonyl (C=O) groups is 1. The van der Waals surface area contributed by atoms with Gasteiger partial charge in [0.05, 0.1) is 6.04 Å². The van der Waals surface area contributed by atoms with E-state index in [0.717, 1.165) is 0 Å². The summed E-state index contributed by atoms with van der Waals surface area (Å²) in [7, 11) is 0. The monoisotopic (exact) mass is 159 g/mol. The molecule has 0 heterocycles. The van der Waals surface area contributed by atoms with E-state index in [1.54, 1.807) is 0 Å². The van der Waals surface area contributed by atoms with Crippen LogP contribution in [-0.2, 0) is 4.79 Å². The van der Waals surface area contributed by atoms with Crippen molar-refractivity contribution >= 4 is 5.78 Å². The molecule has 0 fully saturated rings. The smallest absolute Gasteiger partial charge is 0.177 e. The Labute approximate surface area is 67.6 Å². The molecule has 0 aromatic carbocycles. The van der Waals surface area contributed by atoms with E-state index in [9.17, 15) is 4.79 Å². The van der Waals surface area contributed by atoms with Crippen molar-refractivity contribution in [1.29, 1.82) is 0 Å². The third kappa shape index (κ3) is 4.11. The average molecular weight is 159 g/mol. The molecule has 1 unspecified atom stereocenters. The van der Waals surface area contributed by atoms with E-state index in [0.29, 0.717) is 12.3 Å². The molecule has 0 bridgehead atoms. The molecule has 2 atom stereocenters. The molecule has 11 heavy (non-hydrogen) atoms. The fourth-order valence-corrected chi connectivity index (χ4v) is 0.934. The predicted octanol–water partition coefficient (Wildman–Crippen LogP) is 0.310. The highest BCUT2D eigenvalue weighted by Crippen LogP contribution is 2.04. The van der Waals surface area contributed by atoms with E-state index in [-0.39, 0.29) is 5.78 Å². The van der Waals surface area contributed by atoms with Gasteiger partial charge >= 0.3 is 0 Å². The Bertz CT molecular complexity index is 132. The molecular formula is C8H17NO2. The SMILES string of the molecule is CC(C)C[C@H](N)C(=O)C(C)O. The first-order valence-corrected chi connectivity index (χ1v) is 3.92. The molecule has 0 radical (unpaired) electrons. The Hall–Kier alpha value is -0.410. The van der Waals surface area contributed by atoms with Gasteiger partial charge < -0.3 is 10.8 Å². The summed E-state index contributed by atoms with van der Waals surface area (Å²) in [6.07, 6.45) is -0.284. The van der Waals surface area contributed by atoms with Crippen molar-refractivity contribution in [3.63, 3.8) is 0 Å². The van der Waals surface area contributed by atoms with Gasteiger partial charge in [0.1, 0.15) is 6.10 Å². The number of Topliss-reactive ketones (excluding diaryl/α,β-unsaturated/α-hetero) is 1. The Balaban J connectivity index is 3.83. The maximum atomic E-state index is 11.0. The third-order valence-electron chi connectivity index (χ3n) is 1.50. The van der Waals surface area contributed by atoms with Crippen LogP contribution in [0, 0.1) is 5.92 Å². The number of aliphatic hydroxyl groups is 1. The summed E-state index contributed by atoms with van der Waals surface area (Å²) in [4.78, 5) is 11.0. The molecule has 0 spiro atoms. The van der Waals surface area contributed by atoms with Crippen molar-refractivity contribution in [2.75, 3.05) is 0 Å². The Morgan fingerprint density at radius 3 is 2.18 bits per heavy atom. The molecule has 3 heteroatoms. The Morgan fingerprint density at radius 2 is 1.91 bits per heavy atom. The van der Waals surface area contributed by atoms with Crippen LogP contribution in [0.15, 0.2) is 0 Å².